The number of nitrogens with one attached hydrogen (secondary N) is 1. The molecular weight excluding hydrogens is 309 g/mol. The topological polar surface area (TPSA) is 72.0 Å². The van der Waals surface area contributed by atoms with Crippen LogP contribution in [-0.4, -0.2) is 18.4 Å². The Balaban J connectivity index is 2.40. The maximum atomic E-state index is 12.2. The Morgan fingerprint density at radius 1 is 1.16 bits per heavy atom. The highest BCUT2D eigenvalue weighted by molar-refractivity contribution is 7.92. The predicted octanol–water partition coefficient (Wildman–Crippen LogP) is 2.89. The van der Waals surface area contributed by atoms with E-state index in [1.54, 1.807) is 19.1 Å². The van der Waals surface area contributed by atoms with Crippen molar-refractivity contribution < 1.29 is 8.42 Å². The monoisotopic (exact) mass is 317 g/mol. The third kappa shape index (κ3) is 3.34. The maximum absolute atomic E-state index is 12.2. The van der Waals surface area contributed by atoms with Gasteiger partial charge in [0.25, 0.3) is 10.0 Å². The molecule has 8 heteroatoms. The Morgan fingerprint density at radius 3 is 2.58 bits per heavy atom. The first-order valence-corrected chi connectivity index (χ1v) is 7.39. The molecule has 0 unspecified atom stereocenters. The Bertz CT molecular complexity index is 720. The minimum Gasteiger partial charge on any atom is -0.263 e. The number of hydrogen-bond acceptors (Lipinski definition) is 4. The van der Waals surface area contributed by atoms with Gasteiger partial charge >= 0.3 is 0 Å². The summed E-state index contributed by atoms with van der Waals surface area (Å²) in [5.41, 5.74) is 0.581. The van der Waals surface area contributed by atoms with Crippen molar-refractivity contribution in [2.45, 2.75) is 11.8 Å². The fourth-order valence-corrected chi connectivity index (χ4v) is 3.10. The van der Waals surface area contributed by atoms with Gasteiger partial charge < -0.3 is 0 Å². The minimum absolute atomic E-state index is 0.0923. The SMILES string of the molecule is Cc1ccc(Cl)cc1S(=O)(=O)Nc1cc(Cl)ncn1. The average Bonchev–Trinajstić information content (AvgIpc) is 2.31. The number of hydrogen-bond donors (Lipinski definition) is 1. The zero-order valence-corrected chi connectivity index (χ0v) is 12.1. The number of anilines is 1. The molecule has 1 heterocycles. The van der Waals surface area contributed by atoms with Gasteiger partial charge in [-0.2, -0.15) is 0 Å². The molecule has 0 saturated carbocycles. The summed E-state index contributed by atoms with van der Waals surface area (Å²) in [5, 5.41) is 0.488. The Labute approximate surface area is 120 Å². The van der Waals surface area contributed by atoms with Crippen molar-refractivity contribution in [1.29, 1.82) is 0 Å². The van der Waals surface area contributed by atoms with Crippen molar-refractivity contribution in [3.05, 3.63) is 46.3 Å². The Morgan fingerprint density at radius 2 is 1.89 bits per heavy atom. The van der Waals surface area contributed by atoms with E-state index in [0.29, 0.717) is 10.6 Å². The van der Waals surface area contributed by atoms with Crippen LogP contribution >= 0.6 is 23.2 Å². The third-order valence-corrected chi connectivity index (χ3v) is 4.25. The van der Waals surface area contributed by atoms with Gasteiger partial charge in [0, 0.05) is 11.1 Å². The van der Waals surface area contributed by atoms with Gasteiger partial charge in [-0.05, 0) is 24.6 Å². The van der Waals surface area contributed by atoms with Crippen LogP contribution in [-0.2, 0) is 10.0 Å². The van der Waals surface area contributed by atoms with E-state index in [-0.39, 0.29) is 15.9 Å². The van der Waals surface area contributed by atoms with E-state index >= 15 is 0 Å². The largest absolute Gasteiger partial charge is 0.263 e. The van der Waals surface area contributed by atoms with Crippen molar-refractivity contribution in [2.75, 3.05) is 4.72 Å². The second-order valence-corrected chi connectivity index (χ2v) is 6.22. The van der Waals surface area contributed by atoms with Gasteiger partial charge in [-0.25, -0.2) is 18.4 Å². The molecule has 2 aromatic rings. The normalized spacial score (nSPS) is 11.3. The van der Waals surface area contributed by atoms with Crippen molar-refractivity contribution in [3.63, 3.8) is 0 Å². The van der Waals surface area contributed by atoms with Crippen LogP contribution in [0.25, 0.3) is 0 Å². The molecule has 1 N–H and O–H groups in total. The summed E-state index contributed by atoms with van der Waals surface area (Å²) in [5.74, 6) is 0.0966. The van der Waals surface area contributed by atoms with Crippen LogP contribution in [0.2, 0.25) is 10.2 Å². The molecule has 5 nitrogen and oxygen atoms in total. The molecule has 0 aliphatic carbocycles. The number of aromatic nitrogens is 2. The predicted molar refractivity (Wildman–Crippen MR) is 74.0 cm³/mol. The Kier molecular flexibility index (Phi) is 3.93. The van der Waals surface area contributed by atoms with Crippen molar-refractivity contribution in [3.8, 4) is 0 Å². The molecule has 1 aromatic carbocycles. The van der Waals surface area contributed by atoms with Gasteiger partial charge in [0.2, 0.25) is 0 Å². The number of halogens is 2. The van der Waals surface area contributed by atoms with Crippen molar-refractivity contribution >= 4 is 39.0 Å². The van der Waals surface area contributed by atoms with Crippen LogP contribution < -0.4 is 4.72 Å². The first-order valence-electron chi connectivity index (χ1n) is 5.15. The van der Waals surface area contributed by atoms with Gasteiger partial charge in [0.05, 0.1) is 4.90 Å². The van der Waals surface area contributed by atoms with Crippen molar-refractivity contribution in [1.82, 2.24) is 9.97 Å². The molecule has 0 fully saturated rings. The molecule has 0 amide bonds. The fourth-order valence-electron chi connectivity index (χ4n) is 1.45. The van der Waals surface area contributed by atoms with E-state index in [2.05, 4.69) is 14.7 Å². The van der Waals surface area contributed by atoms with E-state index in [0.717, 1.165) is 0 Å². The molecular formula is C11H9Cl2N3O2S. The lowest BCUT2D eigenvalue weighted by molar-refractivity contribution is 0.600. The lowest BCUT2D eigenvalue weighted by Crippen LogP contribution is -2.15. The number of rotatable bonds is 3. The molecule has 0 saturated heterocycles. The standard InChI is InChI=1S/C11H9Cl2N3O2S/c1-7-2-3-8(12)4-9(7)19(17,18)16-11-5-10(13)14-6-15-11/h2-6H,1H3,(H,14,15,16). The summed E-state index contributed by atoms with van der Waals surface area (Å²) in [6.45, 7) is 1.68. The van der Waals surface area contributed by atoms with E-state index in [4.69, 9.17) is 23.2 Å². The van der Waals surface area contributed by atoms with Gasteiger partial charge in [0.15, 0.2) is 0 Å². The van der Waals surface area contributed by atoms with Crippen LogP contribution in [0.4, 0.5) is 5.82 Å². The number of aryl methyl sites for hydroxylation is 1. The highest BCUT2D eigenvalue weighted by Gasteiger charge is 2.18. The quantitative estimate of drug-likeness (QED) is 0.883. The van der Waals surface area contributed by atoms with E-state index in [9.17, 15) is 8.42 Å². The first kappa shape index (κ1) is 14.0. The second-order valence-electron chi connectivity index (χ2n) is 3.74. The average molecular weight is 318 g/mol. The maximum Gasteiger partial charge on any atom is 0.263 e. The summed E-state index contributed by atoms with van der Waals surface area (Å²) in [4.78, 5) is 7.55. The highest BCUT2D eigenvalue weighted by Crippen LogP contribution is 2.22. The zero-order chi connectivity index (χ0) is 14.0. The molecule has 19 heavy (non-hydrogen) atoms. The van der Waals surface area contributed by atoms with Crippen LogP contribution in [0, 0.1) is 6.92 Å². The molecule has 0 bridgehead atoms. The lowest BCUT2D eigenvalue weighted by atomic mass is 10.2. The van der Waals surface area contributed by atoms with Crippen LogP contribution in [0.1, 0.15) is 5.56 Å². The van der Waals surface area contributed by atoms with Gasteiger partial charge in [-0.1, -0.05) is 29.3 Å². The van der Waals surface area contributed by atoms with Gasteiger partial charge in [0.1, 0.15) is 17.3 Å². The molecule has 0 aliphatic heterocycles. The fraction of sp³-hybridized carbons (Fsp3) is 0.0909. The lowest BCUT2D eigenvalue weighted by Gasteiger charge is -2.09. The third-order valence-electron chi connectivity index (χ3n) is 2.31. The van der Waals surface area contributed by atoms with E-state index < -0.39 is 10.0 Å². The summed E-state index contributed by atoms with van der Waals surface area (Å²) in [7, 11) is -3.77. The molecule has 0 atom stereocenters. The van der Waals surface area contributed by atoms with Crippen molar-refractivity contribution in [2.24, 2.45) is 0 Å². The molecule has 100 valence electrons. The smallest absolute Gasteiger partial charge is 0.263 e. The van der Waals surface area contributed by atoms with Gasteiger partial charge in [-0.3, -0.25) is 4.72 Å². The van der Waals surface area contributed by atoms with Crippen LogP contribution in [0.5, 0.6) is 0 Å². The molecule has 1 aromatic heterocycles. The van der Waals surface area contributed by atoms with Crippen LogP contribution in [0.3, 0.4) is 0 Å². The first-order chi connectivity index (χ1) is 8.88. The molecule has 0 radical (unpaired) electrons. The minimum atomic E-state index is -3.77. The van der Waals surface area contributed by atoms with E-state index in [1.807, 2.05) is 0 Å². The number of nitrogens with zero attached hydrogens (tertiary/aromatic N) is 2. The Hall–Kier alpha value is -1.37. The molecule has 0 aliphatic rings. The highest BCUT2D eigenvalue weighted by atomic mass is 35.5. The van der Waals surface area contributed by atoms with E-state index in [1.165, 1.54) is 18.5 Å². The zero-order valence-electron chi connectivity index (χ0n) is 9.76. The molecule has 2 rings (SSSR count). The summed E-state index contributed by atoms with van der Waals surface area (Å²) >= 11 is 11.5. The number of sulfonamides is 1. The molecule has 0 spiro atoms. The summed E-state index contributed by atoms with van der Waals surface area (Å²) in [6, 6.07) is 5.95. The second kappa shape index (κ2) is 5.32. The summed E-state index contributed by atoms with van der Waals surface area (Å²) in [6.07, 6.45) is 1.17. The van der Waals surface area contributed by atoms with Gasteiger partial charge in [-0.15, -0.1) is 0 Å². The summed E-state index contributed by atoms with van der Waals surface area (Å²) < 4.78 is 26.7. The van der Waals surface area contributed by atoms with Crippen LogP contribution in [0.15, 0.2) is 35.5 Å². The number of benzene rings is 1.